The van der Waals surface area contributed by atoms with Crippen molar-refractivity contribution >= 4 is 50.3 Å². The number of imidazole rings is 1. The summed E-state index contributed by atoms with van der Waals surface area (Å²) in [5, 5.41) is 10.2. The molecule has 1 aliphatic rings. The van der Waals surface area contributed by atoms with Gasteiger partial charge in [0.2, 0.25) is 0 Å². The van der Waals surface area contributed by atoms with E-state index in [0.29, 0.717) is 16.5 Å². The van der Waals surface area contributed by atoms with Crippen LogP contribution in [0.15, 0.2) is 40.1 Å². The van der Waals surface area contributed by atoms with Crippen LogP contribution in [0.3, 0.4) is 0 Å². The molecule has 1 aliphatic heterocycles. The molecule has 0 aromatic carbocycles. The Labute approximate surface area is 179 Å². The van der Waals surface area contributed by atoms with Crippen molar-refractivity contribution in [2.45, 2.75) is 0 Å². The fourth-order valence-corrected chi connectivity index (χ4v) is 5.11. The van der Waals surface area contributed by atoms with Crippen molar-refractivity contribution in [1.29, 1.82) is 0 Å². The molecule has 1 saturated heterocycles. The average molecular weight is 442 g/mol. The lowest BCUT2D eigenvalue weighted by molar-refractivity contribution is 0.102. The zero-order valence-electron chi connectivity index (χ0n) is 16.2. The number of aryl methyl sites for hydroxylation is 1. The van der Waals surface area contributed by atoms with Crippen LogP contribution in [0.5, 0.6) is 0 Å². The van der Waals surface area contributed by atoms with Gasteiger partial charge in [0.1, 0.15) is 4.83 Å². The van der Waals surface area contributed by atoms with E-state index in [1.807, 2.05) is 17.5 Å². The summed E-state index contributed by atoms with van der Waals surface area (Å²) in [5.74, 6) is 0.133. The highest BCUT2D eigenvalue weighted by atomic mass is 32.1. The highest BCUT2D eigenvalue weighted by Gasteiger charge is 2.20. The van der Waals surface area contributed by atoms with Crippen LogP contribution in [0, 0.1) is 0 Å². The molecule has 0 aliphatic carbocycles. The number of carbonyl (C=O) groups is 1. The second-order valence-electron chi connectivity index (χ2n) is 6.88. The number of fused-ring (bicyclic) bond motifs is 1. The highest BCUT2D eigenvalue weighted by molar-refractivity contribution is 7.16. The minimum atomic E-state index is -0.318. The second-order valence-corrected chi connectivity index (χ2v) is 8.64. The molecule has 154 valence electrons. The molecule has 0 saturated carbocycles. The predicted molar refractivity (Wildman–Crippen MR) is 119 cm³/mol. The summed E-state index contributed by atoms with van der Waals surface area (Å²) >= 11 is 2.71. The molecule has 0 spiro atoms. The number of piperazine rings is 1. The van der Waals surface area contributed by atoms with Crippen LogP contribution in [-0.4, -0.2) is 51.2 Å². The van der Waals surface area contributed by atoms with Crippen LogP contribution >= 0.6 is 22.7 Å². The molecule has 30 heavy (non-hydrogen) atoms. The Balaban J connectivity index is 1.43. The average Bonchev–Trinajstić information content (AvgIpc) is 3.49. The number of hydrogen-bond acceptors (Lipinski definition) is 8. The summed E-state index contributed by atoms with van der Waals surface area (Å²) in [6.45, 7) is 3.52. The summed E-state index contributed by atoms with van der Waals surface area (Å²) in [5.41, 5.74) is 2.20. The molecule has 0 radical (unpaired) electrons. The third-order valence-electron chi connectivity index (χ3n) is 5.07. The summed E-state index contributed by atoms with van der Waals surface area (Å²) < 4.78 is 3.13. The van der Waals surface area contributed by atoms with Crippen molar-refractivity contribution < 1.29 is 4.79 Å². The number of pyridine rings is 1. The number of amides is 1. The number of nitrogens with zero attached hydrogens (tertiary/aromatic N) is 5. The zero-order chi connectivity index (χ0) is 20.7. The van der Waals surface area contributed by atoms with Gasteiger partial charge in [-0.2, -0.15) is 0 Å². The van der Waals surface area contributed by atoms with Gasteiger partial charge in [-0.3, -0.25) is 14.3 Å². The van der Waals surface area contributed by atoms with Crippen molar-refractivity contribution in [3.63, 3.8) is 0 Å². The molecule has 9 nitrogen and oxygen atoms in total. The Morgan fingerprint density at radius 2 is 2.07 bits per heavy atom. The van der Waals surface area contributed by atoms with Crippen LogP contribution < -0.4 is 21.2 Å². The number of thiazole rings is 1. The molecule has 4 aromatic rings. The zero-order valence-corrected chi connectivity index (χ0v) is 17.8. The molecule has 5 heterocycles. The van der Waals surface area contributed by atoms with Gasteiger partial charge in [-0.1, -0.05) is 0 Å². The Hall–Kier alpha value is -3.02. The Kier molecular flexibility index (Phi) is 4.85. The first kappa shape index (κ1) is 19.0. The van der Waals surface area contributed by atoms with Gasteiger partial charge < -0.3 is 15.5 Å². The summed E-state index contributed by atoms with van der Waals surface area (Å²) in [6, 6.07) is 3.79. The van der Waals surface area contributed by atoms with Gasteiger partial charge in [-0.15, -0.1) is 22.7 Å². The van der Waals surface area contributed by atoms with Gasteiger partial charge in [0, 0.05) is 44.8 Å². The van der Waals surface area contributed by atoms with Crippen molar-refractivity contribution in [2.24, 2.45) is 7.05 Å². The topological polar surface area (TPSA) is 97.1 Å². The lowest BCUT2D eigenvalue weighted by Crippen LogP contribution is -2.43. The number of carbonyl (C=O) groups excluding carboxylic acids is 1. The summed E-state index contributed by atoms with van der Waals surface area (Å²) in [4.78, 5) is 37.2. The molecule has 0 unspecified atom stereocenters. The first-order chi connectivity index (χ1) is 14.6. The highest BCUT2D eigenvalue weighted by Crippen LogP contribution is 2.27. The van der Waals surface area contributed by atoms with Gasteiger partial charge in [0.05, 0.1) is 23.1 Å². The Morgan fingerprint density at radius 3 is 2.90 bits per heavy atom. The molecule has 11 heteroatoms. The number of thiophene rings is 1. The monoisotopic (exact) mass is 441 g/mol. The molecule has 5 rings (SSSR count). The molecule has 1 fully saturated rings. The number of anilines is 2. The van der Waals surface area contributed by atoms with Gasteiger partial charge >= 0.3 is 5.69 Å². The minimum Gasteiger partial charge on any atom is -0.367 e. The van der Waals surface area contributed by atoms with E-state index >= 15 is 0 Å². The van der Waals surface area contributed by atoms with Crippen molar-refractivity contribution in [1.82, 2.24) is 24.4 Å². The summed E-state index contributed by atoms with van der Waals surface area (Å²) in [6.07, 6.45) is 3.38. The predicted octanol–water partition coefficient (Wildman–Crippen LogP) is 1.90. The smallest absolute Gasteiger partial charge is 0.335 e. The number of nitrogens with one attached hydrogen (secondary N) is 2. The molecular weight excluding hydrogens is 422 g/mol. The molecular formula is C19H19N7O2S2. The molecule has 2 N–H and O–H groups in total. The lowest BCUT2D eigenvalue weighted by atomic mass is 10.2. The standard InChI is InChI=1S/C19H19N7O2S2/c1-24-18-14(3-9-29-18)26(19(24)28)15-11-30-17(23-15)16(27)22-12-10-21-4-2-13(12)25-7-5-20-6-8-25/h2-4,9-11,20H,5-8H2,1H3,(H,22,27). The SMILES string of the molecule is Cn1c(=O)n(-c2csc(C(=O)Nc3cnccc3N3CCNCC3)n2)c2ccsc21. The van der Waals surface area contributed by atoms with Gasteiger partial charge in [0.15, 0.2) is 10.8 Å². The number of aromatic nitrogens is 4. The maximum absolute atomic E-state index is 12.9. The minimum absolute atomic E-state index is 0.178. The fraction of sp³-hybridized carbons (Fsp3) is 0.263. The molecule has 0 bridgehead atoms. The van der Waals surface area contributed by atoms with Crippen LogP contribution in [0.2, 0.25) is 0 Å². The molecule has 1 amide bonds. The molecule has 0 atom stereocenters. The molecule has 4 aromatic heterocycles. The van der Waals surface area contributed by atoms with Gasteiger partial charge in [-0.25, -0.2) is 14.3 Å². The number of rotatable bonds is 4. The second kappa shape index (κ2) is 7.67. The van der Waals surface area contributed by atoms with Crippen molar-refractivity contribution in [2.75, 3.05) is 36.4 Å². The van der Waals surface area contributed by atoms with Gasteiger partial charge in [0.25, 0.3) is 5.91 Å². The quantitative estimate of drug-likeness (QED) is 0.502. The third-order valence-corrected chi connectivity index (χ3v) is 6.87. The van der Waals surface area contributed by atoms with E-state index in [1.165, 1.54) is 27.2 Å². The maximum Gasteiger partial charge on any atom is 0.335 e. The van der Waals surface area contributed by atoms with Crippen molar-refractivity contribution in [3.05, 3.63) is 50.8 Å². The van der Waals surface area contributed by atoms with E-state index in [2.05, 4.69) is 25.5 Å². The lowest BCUT2D eigenvalue weighted by Gasteiger charge is -2.30. The van der Waals surface area contributed by atoms with Gasteiger partial charge in [-0.05, 0) is 17.5 Å². The maximum atomic E-state index is 12.9. The van der Waals surface area contributed by atoms with Crippen LogP contribution in [0.1, 0.15) is 9.80 Å². The largest absolute Gasteiger partial charge is 0.367 e. The Morgan fingerprint density at radius 1 is 1.23 bits per heavy atom. The normalized spacial score (nSPS) is 14.4. The third kappa shape index (κ3) is 3.20. The van der Waals surface area contributed by atoms with E-state index in [4.69, 9.17) is 0 Å². The van der Waals surface area contributed by atoms with Crippen LogP contribution in [0.4, 0.5) is 11.4 Å². The first-order valence-electron chi connectivity index (χ1n) is 9.45. The summed E-state index contributed by atoms with van der Waals surface area (Å²) in [7, 11) is 1.73. The first-order valence-corrected chi connectivity index (χ1v) is 11.2. The van der Waals surface area contributed by atoms with Crippen LogP contribution in [0.25, 0.3) is 16.2 Å². The van der Waals surface area contributed by atoms with E-state index in [1.54, 1.807) is 29.4 Å². The Bertz CT molecular complexity index is 1280. The number of hydrogen-bond donors (Lipinski definition) is 2. The van der Waals surface area contributed by atoms with Crippen LogP contribution in [-0.2, 0) is 7.05 Å². The van der Waals surface area contributed by atoms with Crippen molar-refractivity contribution in [3.8, 4) is 5.82 Å². The van der Waals surface area contributed by atoms with E-state index in [-0.39, 0.29) is 11.6 Å². The van der Waals surface area contributed by atoms with E-state index < -0.39 is 0 Å². The van der Waals surface area contributed by atoms with E-state index in [0.717, 1.165) is 42.2 Å². The van der Waals surface area contributed by atoms with E-state index in [9.17, 15) is 9.59 Å². The fourth-order valence-electron chi connectivity index (χ4n) is 3.59.